The van der Waals surface area contributed by atoms with Gasteiger partial charge in [0.2, 0.25) is 7.28 Å². The van der Waals surface area contributed by atoms with Crippen molar-refractivity contribution in [1.29, 1.82) is 0 Å². The molecule has 0 radical (unpaired) electrons. The molecule has 0 bridgehead atoms. The van der Waals surface area contributed by atoms with Gasteiger partial charge in [-0.05, 0) is 56.3 Å². The first-order valence-electron chi connectivity index (χ1n) is 10.1. The van der Waals surface area contributed by atoms with E-state index in [-0.39, 0.29) is 11.4 Å². The molecule has 1 atom stereocenters. The van der Waals surface area contributed by atoms with Crippen molar-refractivity contribution in [3.63, 3.8) is 0 Å². The van der Waals surface area contributed by atoms with Crippen molar-refractivity contribution in [2.75, 3.05) is 6.61 Å². The number of benzene rings is 2. The molecule has 0 aliphatic carbocycles. The molecule has 1 aromatic heterocycles. The average Bonchev–Trinajstić information content (AvgIpc) is 3.14. The van der Waals surface area contributed by atoms with E-state index in [2.05, 4.69) is 15.9 Å². The molecule has 0 saturated carbocycles. The predicted octanol–water partition coefficient (Wildman–Crippen LogP) is 7.61. The van der Waals surface area contributed by atoms with E-state index in [0.717, 1.165) is 4.47 Å². The number of nitro groups is 1. The zero-order valence-corrected chi connectivity index (χ0v) is 21.1. The van der Waals surface area contributed by atoms with E-state index in [1.54, 1.807) is 12.1 Å². The molecule has 0 fully saturated rings. The van der Waals surface area contributed by atoms with Crippen molar-refractivity contribution in [3.8, 4) is 11.5 Å². The van der Waals surface area contributed by atoms with Gasteiger partial charge in [0.25, 0.3) is 5.69 Å². The Balaban J connectivity index is 2.33. The quantitative estimate of drug-likeness (QED) is 0.181. The van der Waals surface area contributed by atoms with Crippen LogP contribution in [0.25, 0.3) is 0 Å². The number of rotatable bonds is 7. The minimum atomic E-state index is -2.98. The Labute approximate surface area is 196 Å². The summed E-state index contributed by atoms with van der Waals surface area (Å²) in [7, 11) is -2.98. The average molecular weight is 521 g/mol. The third kappa shape index (κ3) is 5.08. The Bertz CT molecular complexity index is 1180. The monoisotopic (exact) mass is 520 g/mol. The molecule has 9 heteroatoms. The highest BCUT2D eigenvalue weighted by Crippen LogP contribution is 2.63. The van der Waals surface area contributed by atoms with Crippen molar-refractivity contribution in [3.05, 3.63) is 74.9 Å². The van der Waals surface area contributed by atoms with Crippen LogP contribution in [0.2, 0.25) is 0 Å². The highest BCUT2D eigenvalue weighted by atomic mass is 79.9. The minimum absolute atomic E-state index is 0.148. The van der Waals surface area contributed by atoms with Crippen LogP contribution in [-0.4, -0.2) is 16.7 Å². The molecule has 0 N–H and O–H groups in total. The number of nitrogens with zero attached hydrogens (tertiary/aromatic N) is 2. The smallest absolute Gasteiger partial charge is 0.298 e. The molecule has 3 rings (SSSR count). The van der Waals surface area contributed by atoms with Crippen molar-refractivity contribution in [2.24, 2.45) is 4.74 Å². The number of nitro benzene ring substituents is 1. The van der Waals surface area contributed by atoms with E-state index in [0.29, 0.717) is 29.4 Å². The Morgan fingerprint density at radius 3 is 2.44 bits per heavy atom. The summed E-state index contributed by atoms with van der Waals surface area (Å²) < 4.78 is 23.9. The maximum atomic E-state index is 11.9. The standard InChI is InChI=1S/C23H26BrN2O5P/c1-6-29-18-11-12-20(21(15-18)26(27)28)25-32(23(3,4)5,22-13-10-16(2)30-22)31-19-9-7-8-17(24)14-19/h7-15H,6H2,1-5H3. The summed E-state index contributed by atoms with van der Waals surface area (Å²) in [6, 6.07) is 15.8. The summed E-state index contributed by atoms with van der Waals surface area (Å²) in [5, 5.41) is 11.4. The zero-order chi connectivity index (χ0) is 23.5. The lowest BCUT2D eigenvalue weighted by Gasteiger charge is -2.35. The van der Waals surface area contributed by atoms with Gasteiger partial charge in [0.15, 0.2) is 5.50 Å². The Morgan fingerprint density at radius 2 is 1.88 bits per heavy atom. The second-order valence-corrected chi connectivity index (χ2v) is 12.4. The van der Waals surface area contributed by atoms with Crippen LogP contribution in [0.15, 0.2) is 68.2 Å². The molecule has 0 amide bonds. The fourth-order valence-corrected chi connectivity index (χ4v) is 6.41. The van der Waals surface area contributed by atoms with Crippen molar-refractivity contribution in [1.82, 2.24) is 0 Å². The van der Waals surface area contributed by atoms with Gasteiger partial charge < -0.3 is 13.7 Å². The summed E-state index contributed by atoms with van der Waals surface area (Å²) >= 11 is 3.48. The summed E-state index contributed by atoms with van der Waals surface area (Å²) in [6.07, 6.45) is 0. The number of hydrogen-bond acceptors (Lipinski definition) is 6. The van der Waals surface area contributed by atoms with Crippen LogP contribution in [-0.2, 0) is 0 Å². The van der Waals surface area contributed by atoms with Gasteiger partial charge in [-0.3, -0.25) is 10.1 Å². The molecule has 2 aromatic carbocycles. The number of hydrogen-bond donors (Lipinski definition) is 0. The van der Waals surface area contributed by atoms with Gasteiger partial charge in [0, 0.05) is 9.63 Å². The van der Waals surface area contributed by atoms with Gasteiger partial charge in [-0.2, -0.15) is 0 Å². The maximum Gasteiger partial charge on any atom is 0.298 e. The largest absolute Gasteiger partial charge is 0.494 e. The van der Waals surface area contributed by atoms with Gasteiger partial charge in [0.1, 0.15) is 22.9 Å². The van der Waals surface area contributed by atoms with Gasteiger partial charge in [-0.15, -0.1) is 0 Å². The predicted molar refractivity (Wildman–Crippen MR) is 131 cm³/mol. The first-order chi connectivity index (χ1) is 15.1. The summed E-state index contributed by atoms with van der Waals surface area (Å²) in [5.74, 6) is 1.72. The lowest BCUT2D eigenvalue weighted by Crippen LogP contribution is -2.26. The van der Waals surface area contributed by atoms with E-state index in [1.165, 1.54) is 6.07 Å². The van der Waals surface area contributed by atoms with E-state index in [4.69, 9.17) is 18.4 Å². The molecule has 1 heterocycles. The first-order valence-corrected chi connectivity index (χ1v) is 12.6. The highest BCUT2D eigenvalue weighted by Gasteiger charge is 2.42. The lowest BCUT2D eigenvalue weighted by molar-refractivity contribution is -0.384. The van der Waals surface area contributed by atoms with Crippen molar-refractivity contribution >= 4 is 40.1 Å². The fraction of sp³-hybridized carbons (Fsp3) is 0.304. The van der Waals surface area contributed by atoms with Gasteiger partial charge in [-0.25, -0.2) is 4.74 Å². The van der Waals surface area contributed by atoms with E-state index in [9.17, 15) is 10.1 Å². The maximum absolute atomic E-state index is 11.9. The molecule has 0 aliphatic rings. The molecule has 1 unspecified atom stereocenters. The molecule has 0 saturated heterocycles. The van der Waals surface area contributed by atoms with Crippen molar-refractivity contribution in [2.45, 2.75) is 39.8 Å². The molecular formula is C23H26BrN2O5P. The fourth-order valence-electron chi connectivity index (χ4n) is 3.14. The second-order valence-electron chi connectivity index (χ2n) is 8.12. The number of halogens is 1. The molecule has 170 valence electrons. The van der Waals surface area contributed by atoms with Crippen LogP contribution in [0, 0.1) is 17.0 Å². The molecular weight excluding hydrogens is 495 g/mol. The summed E-state index contributed by atoms with van der Waals surface area (Å²) in [6.45, 7) is 10.1. The third-order valence-corrected chi connectivity index (χ3v) is 8.79. The van der Waals surface area contributed by atoms with Crippen LogP contribution >= 0.6 is 23.2 Å². The van der Waals surface area contributed by atoms with Crippen LogP contribution in [0.4, 0.5) is 11.4 Å². The molecule has 0 spiro atoms. The van der Waals surface area contributed by atoms with Gasteiger partial charge in [0.05, 0.1) is 17.6 Å². The number of aryl methyl sites for hydroxylation is 1. The van der Waals surface area contributed by atoms with E-state index < -0.39 is 17.4 Å². The Kier molecular flexibility index (Phi) is 7.16. The van der Waals surface area contributed by atoms with Crippen LogP contribution in [0.3, 0.4) is 0 Å². The van der Waals surface area contributed by atoms with Crippen LogP contribution < -0.4 is 14.8 Å². The van der Waals surface area contributed by atoms with Crippen molar-refractivity contribution < 1.29 is 18.6 Å². The molecule has 3 aromatic rings. The highest BCUT2D eigenvalue weighted by molar-refractivity contribution is 9.10. The van der Waals surface area contributed by atoms with E-state index >= 15 is 0 Å². The van der Waals surface area contributed by atoms with Gasteiger partial charge in [-0.1, -0.05) is 42.8 Å². The minimum Gasteiger partial charge on any atom is -0.494 e. The van der Waals surface area contributed by atoms with Crippen LogP contribution in [0.1, 0.15) is 33.5 Å². The number of ether oxygens (including phenoxy) is 1. The SMILES string of the molecule is CCOc1ccc(N=P(Oc2cccc(Br)c2)(c2ccc(C)o2)C(C)(C)C)c([N+](=O)[O-])c1. The second kappa shape index (κ2) is 9.51. The first kappa shape index (κ1) is 24.1. The number of furan rings is 1. The topological polar surface area (TPSA) is 87.1 Å². The summed E-state index contributed by atoms with van der Waals surface area (Å²) in [5.41, 5.74) is 0.627. The normalized spacial score (nSPS) is 13.3. The summed E-state index contributed by atoms with van der Waals surface area (Å²) in [4.78, 5) is 11.4. The molecule has 32 heavy (non-hydrogen) atoms. The molecule has 7 nitrogen and oxygen atoms in total. The molecule has 0 aliphatic heterocycles. The lowest BCUT2D eigenvalue weighted by atomic mass is 10.2. The third-order valence-electron chi connectivity index (χ3n) is 4.67. The van der Waals surface area contributed by atoms with Gasteiger partial charge >= 0.3 is 0 Å². The Hall–Kier alpha value is -2.57. The van der Waals surface area contributed by atoms with E-state index in [1.807, 2.05) is 71.0 Å². The Morgan fingerprint density at radius 1 is 1.12 bits per heavy atom. The zero-order valence-electron chi connectivity index (χ0n) is 18.7. The van der Waals surface area contributed by atoms with Crippen LogP contribution in [0.5, 0.6) is 11.5 Å².